The Kier molecular flexibility index (Phi) is 7.00. The van der Waals surface area contributed by atoms with Gasteiger partial charge in [-0.05, 0) is 50.9 Å². The molecule has 1 aliphatic heterocycles. The summed E-state index contributed by atoms with van der Waals surface area (Å²) in [6, 6.07) is 6.67. The van der Waals surface area contributed by atoms with Crippen LogP contribution in [0, 0.1) is 0 Å². The van der Waals surface area contributed by atoms with Gasteiger partial charge >= 0.3 is 0 Å². The predicted octanol–water partition coefficient (Wildman–Crippen LogP) is 4.39. The summed E-state index contributed by atoms with van der Waals surface area (Å²) in [4.78, 5) is 2.52. The van der Waals surface area contributed by atoms with Gasteiger partial charge in [0.15, 0.2) is 0 Å². The van der Waals surface area contributed by atoms with Crippen LogP contribution in [0.15, 0.2) is 18.2 Å². The zero-order valence-electron chi connectivity index (χ0n) is 13.9. The number of ether oxygens (including phenoxy) is 1. The van der Waals surface area contributed by atoms with Gasteiger partial charge in [0.05, 0.1) is 12.6 Å². The monoisotopic (exact) mass is 324 g/mol. The number of likely N-dealkylation sites (tertiary alicyclic amines) is 1. The number of hydrogen-bond donors (Lipinski definition) is 1. The highest BCUT2D eigenvalue weighted by Crippen LogP contribution is 2.35. The Labute approximate surface area is 139 Å². The Morgan fingerprint density at radius 2 is 2.23 bits per heavy atom. The summed E-state index contributed by atoms with van der Waals surface area (Å²) in [7, 11) is 0. The molecule has 0 spiro atoms. The van der Waals surface area contributed by atoms with Crippen molar-refractivity contribution in [3.63, 3.8) is 0 Å². The average molecular weight is 325 g/mol. The van der Waals surface area contributed by atoms with Crippen LogP contribution in [0.1, 0.15) is 57.6 Å². The molecule has 0 aliphatic carbocycles. The molecule has 0 amide bonds. The molecule has 1 aromatic rings. The van der Waals surface area contributed by atoms with Crippen molar-refractivity contribution in [3.8, 4) is 5.75 Å². The first-order chi connectivity index (χ1) is 10.7. The number of nitrogens with two attached hydrogens (primary N) is 1. The molecule has 2 N–H and O–H groups in total. The number of nitrogens with zero attached hydrogens (tertiary/aromatic N) is 1. The minimum absolute atomic E-state index is 0.186. The molecule has 0 radical (unpaired) electrons. The molecular weight excluding hydrogens is 296 g/mol. The maximum atomic E-state index is 6.24. The molecule has 0 bridgehead atoms. The molecule has 124 valence electrons. The highest BCUT2D eigenvalue weighted by Gasteiger charge is 2.28. The molecule has 0 saturated carbocycles. The summed E-state index contributed by atoms with van der Waals surface area (Å²) in [5.74, 6) is 0.936. The quantitative estimate of drug-likeness (QED) is 0.756. The minimum Gasteiger partial charge on any atom is -0.493 e. The van der Waals surface area contributed by atoms with Gasteiger partial charge < -0.3 is 10.5 Å². The fraction of sp³-hybridized carbons (Fsp3) is 0.667. The Balaban J connectivity index is 2.24. The van der Waals surface area contributed by atoms with Crippen molar-refractivity contribution in [1.82, 2.24) is 4.90 Å². The zero-order chi connectivity index (χ0) is 15.9. The SMILES string of the molecule is CCCCOc1ccc(Cl)cc1C(CN)N1CCCCC1C. The van der Waals surface area contributed by atoms with Gasteiger partial charge in [0.2, 0.25) is 0 Å². The molecule has 4 heteroatoms. The summed E-state index contributed by atoms with van der Waals surface area (Å²) < 4.78 is 6.00. The van der Waals surface area contributed by atoms with Crippen LogP contribution < -0.4 is 10.5 Å². The van der Waals surface area contributed by atoms with E-state index in [4.69, 9.17) is 22.1 Å². The van der Waals surface area contributed by atoms with Crippen LogP contribution >= 0.6 is 11.6 Å². The number of halogens is 1. The summed E-state index contributed by atoms with van der Waals surface area (Å²) in [5.41, 5.74) is 7.27. The van der Waals surface area contributed by atoms with Crippen molar-refractivity contribution >= 4 is 11.6 Å². The molecule has 1 saturated heterocycles. The molecule has 22 heavy (non-hydrogen) atoms. The van der Waals surface area contributed by atoms with E-state index in [1.807, 2.05) is 18.2 Å². The lowest BCUT2D eigenvalue weighted by Gasteiger charge is -2.40. The van der Waals surface area contributed by atoms with Gasteiger partial charge in [0.1, 0.15) is 5.75 Å². The lowest BCUT2D eigenvalue weighted by atomic mass is 9.96. The highest BCUT2D eigenvalue weighted by atomic mass is 35.5. The largest absolute Gasteiger partial charge is 0.493 e. The Bertz CT molecular complexity index is 466. The molecule has 1 heterocycles. The fourth-order valence-corrected chi connectivity index (χ4v) is 3.44. The van der Waals surface area contributed by atoms with E-state index in [-0.39, 0.29) is 6.04 Å². The normalized spacial score (nSPS) is 20.8. The number of unbranched alkanes of at least 4 members (excludes halogenated alkanes) is 1. The molecule has 2 atom stereocenters. The van der Waals surface area contributed by atoms with E-state index in [2.05, 4.69) is 18.7 Å². The lowest BCUT2D eigenvalue weighted by Crippen LogP contribution is -2.43. The minimum atomic E-state index is 0.186. The van der Waals surface area contributed by atoms with Crippen molar-refractivity contribution in [2.24, 2.45) is 5.73 Å². The second kappa shape index (κ2) is 8.76. The molecular formula is C18H29ClN2O. The topological polar surface area (TPSA) is 38.5 Å². The standard InChI is InChI=1S/C18H29ClN2O/c1-3-4-11-22-18-9-8-15(19)12-16(18)17(13-20)21-10-6-5-7-14(21)2/h8-9,12,14,17H,3-7,10-11,13,20H2,1-2H3. The summed E-state index contributed by atoms with van der Waals surface area (Å²) in [6.07, 6.45) is 5.99. The van der Waals surface area contributed by atoms with Crippen LogP contribution in [0.5, 0.6) is 5.75 Å². The molecule has 1 aliphatic rings. The number of rotatable bonds is 7. The van der Waals surface area contributed by atoms with Gasteiger partial charge in [-0.15, -0.1) is 0 Å². The predicted molar refractivity (Wildman–Crippen MR) is 93.7 cm³/mol. The third-order valence-corrected chi connectivity index (χ3v) is 4.80. The fourth-order valence-electron chi connectivity index (χ4n) is 3.26. The average Bonchev–Trinajstić information content (AvgIpc) is 2.52. The summed E-state index contributed by atoms with van der Waals surface area (Å²) >= 11 is 6.24. The lowest BCUT2D eigenvalue weighted by molar-refractivity contribution is 0.106. The van der Waals surface area contributed by atoms with Crippen molar-refractivity contribution in [3.05, 3.63) is 28.8 Å². The molecule has 2 unspecified atom stereocenters. The van der Waals surface area contributed by atoms with Crippen molar-refractivity contribution < 1.29 is 4.74 Å². The molecule has 0 aromatic heterocycles. The second-order valence-corrected chi connectivity index (χ2v) is 6.65. The Morgan fingerprint density at radius 1 is 1.41 bits per heavy atom. The van der Waals surface area contributed by atoms with E-state index < -0.39 is 0 Å². The van der Waals surface area contributed by atoms with Crippen molar-refractivity contribution in [2.75, 3.05) is 19.7 Å². The second-order valence-electron chi connectivity index (χ2n) is 6.22. The first kappa shape index (κ1) is 17.6. The molecule has 2 rings (SSSR count). The van der Waals surface area contributed by atoms with Crippen LogP contribution in [0.2, 0.25) is 5.02 Å². The maximum absolute atomic E-state index is 6.24. The zero-order valence-corrected chi connectivity index (χ0v) is 14.6. The van der Waals surface area contributed by atoms with Crippen molar-refractivity contribution in [2.45, 2.75) is 58.0 Å². The summed E-state index contributed by atoms with van der Waals surface area (Å²) in [6.45, 7) is 6.91. The first-order valence-electron chi connectivity index (χ1n) is 8.55. The third-order valence-electron chi connectivity index (χ3n) is 4.56. The number of piperidine rings is 1. The molecule has 3 nitrogen and oxygen atoms in total. The van der Waals surface area contributed by atoms with Gasteiger partial charge in [0, 0.05) is 23.2 Å². The number of benzene rings is 1. The van der Waals surface area contributed by atoms with Gasteiger partial charge in [-0.3, -0.25) is 4.90 Å². The number of hydrogen-bond acceptors (Lipinski definition) is 3. The molecule has 1 aromatic carbocycles. The Morgan fingerprint density at radius 3 is 2.91 bits per heavy atom. The van der Waals surface area contributed by atoms with Gasteiger partial charge in [-0.1, -0.05) is 31.4 Å². The highest BCUT2D eigenvalue weighted by molar-refractivity contribution is 6.30. The van der Waals surface area contributed by atoms with Crippen LogP contribution in [-0.4, -0.2) is 30.6 Å². The Hall–Kier alpha value is -0.770. The first-order valence-corrected chi connectivity index (χ1v) is 8.93. The van der Waals surface area contributed by atoms with Crippen LogP contribution in [0.3, 0.4) is 0 Å². The third kappa shape index (κ3) is 4.37. The summed E-state index contributed by atoms with van der Waals surface area (Å²) in [5, 5.41) is 0.751. The van der Waals surface area contributed by atoms with Gasteiger partial charge in [-0.2, -0.15) is 0 Å². The van der Waals surface area contributed by atoms with Crippen LogP contribution in [0.25, 0.3) is 0 Å². The van der Waals surface area contributed by atoms with Crippen LogP contribution in [-0.2, 0) is 0 Å². The van der Waals surface area contributed by atoms with E-state index in [1.165, 1.54) is 19.3 Å². The van der Waals surface area contributed by atoms with Gasteiger partial charge in [0.25, 0.3) is 0 Å². The van der Waals surface area contributed by atoms with E-state index in [0.29, 0.717) is 12.6 Å². The van der Waals surface area contributed by atoms with Crippen molar-refractivity contribution in [1.29, 1.82) is 0 Å². The van der Waals surface area contributed by atoms with E-state index in [0.717, 1.165) is 42.3 Å². The maximum Gasteiger partial charge on any atom is 0.124 e. The van der Waals surface area contributed by atoms with Crippen LogP contribution in [0.4, 0.5) is 0 Å². The molecule has 1 fully saturated rings. The van der Waals surface area contributed by atoms with E-state index in [1.54, 1.807) is 0 Å². The van der Waals surface area contributed by atoms with E-state index in [9.17, 15) is 0 Å². The smallest absolute Gasteiger partial charge is 0.124 e. The van der Waals surface area contributed by atoms with Gasteiger partial charge in [-0.25, -0.2) is 0 Å². The van der Waals surface area contributed by atoms with E-state index >= 15 is 0 Å².